The molecular formula is C18H23N3O3. The van der Waals surface area contributed by atoms with Crippen molar-refractivity contribution in [2.45, 2.75) is 20.8 Å². The average Bonchev–Trinajstić information content (AvgIpc) is 2.57. The van der Waals surface area contributed by atoms with Crippen LogP contribution in [0.25, 0.3) is 10.9 Å². The lowest BCUT2D eigenvalue weighted by Gasteiger charge is -2.11. The van der Waals surface area contributed by atoms with Crippen molar-refractivity contribution in [1.29, 1.82) is 0 Å². The number of rotatable bonds is 6. The largest absolute Gasteiger partial charge is 0.497 e. The molecule has 6 nitrogen and oxygen atoms in total. The van der Waals surface area contributed by atoms with Crippen molar-refractivity contribution >= 4 is 22.7 Å². The first kappa shape index (κ1) is 17.7. The number of pyridine rings is 1. The van der Waals surface area contributed by atoms with Crippen LogP contribution >= 0.6 is 0 Å². The fourth-order valence-electron chi connectivity index (χ4n) is 2.27. The second-order valence-electron chi connectivity index (χ2n) is 5.88. The highest BCUT2D eigenvalue weighted by atomic mass is 16.5. The van der Waals surface area contributed by atoms with Crippen LogP contribution in [-0.4, -0.2) is 37.0 Å². The topological polar surface area (TPSA) is 80.3 Å². The Balaban J connectivity index is 2.06. The third-order valence-electron chi connectivity index (χ3n) is 3.69. The van der Waals surface area contributed by atoms with Crippen LogP contribution < -0.4 is 15.4 Å². The molecule has 24 heavy (non-hydrogen) atoms. The summed E-state index contributed by atoms with van der Waals surface area (Å²) in [7, 11) is 1.60. The predicted molar refractivity (Wildman–Crippen MR) is 93.2 cm³/mol. The highest BCUT2D eigenvalue weighted by molar-refractivity contribution is 5.98. The molecule has 0 radical (unpaired) electrons. The third-order valence-corrected chi connectivity index (χ3v) is 3.69. The van der Waals surface area contributed by atoms with Gasteiger partial charge in [0.1, 0.15) is 5.75 Å². The molecule has 0 aliphatic carbocycles. The zero-order valence-corrected chi connectivity index (χ0v) is 14.5. The molecule has 0 unspecified atom stereocenters. The number of nitrogens with one attached hydrogen (secondary N) is 2. The molecule has 0 aliphatic rings. The van der Waals surface area contributed by atoms with Gasteiger partial charge >= 0.3 is 0 Å². The predicted octanol–water partition coefficient (Wildman–Crippen LogP) is 2.05. The Bertz CT molecular complexity index is 757. The number of carbonyl (C=O) groups is 2. The Labute approximate surface area is 141 Å². The number of carbonyl (C=O) groups excluding carboxylic acids is 2. The first-order valence-corrected chi connectivity index (χ1v) is 7.93. The van der Waals surface area contributed by atoms with Crippen LogP contribution in [0, 0.1) is 12.8 Å². The van der Waals surface area contributed by atoms with Gasteiger partial charge in [-0.2, -0.15) is 0 Å². The number of aromatic nitrogens is 1. The van der Waals surface area contributed by atoms with Crippen molar-refractivity contribution < 1.29 is 14.3 Å². The van der Waals surface area contributed by atoms with Crippen molar-refractivity contribution in [1.82, 2.24) is 15.6 Å². The molecule has 0 saturated carbocycles. The number of amides is 2. The maximum Gasteiger partial charge on any atom is 0.253 e. The molecule has 0 atom stereocenters. The molecule has 0 aliphatic heterocycles. The van der Waals surface area contributed by atoms with Crippen LogP contribution in [0.4, 0.5) is 0 Å². The maximum absolute atomic E-state index is 12.3. The minimum Gasteiger partial charge on any atom is -0.497 e. The van der Waals surface area contributed by atoms with Gasteiger partial charge in [-0.15, -0.1) is 0 Å². The Morgan fingerprint density at radius 3 is 2.54 bits per heavy atom. The summed E-state index contributed by atoms with van der Waals surface area (Å²) >= 11 is 0. The highest BCUT2D eigenvalue weighted by Gasteiger charge is 2.12. The van der Waals surface area contributed by atoms with Crippen molar-refractivity contribution in [3.8, 4) is 5.75 Å². The fourth-order valence-corrected chi connectivity index (χ4v) is 2.27. The van der Waals surface area contributed by atoms with Gasteiger partial charge in [0.15, 0.2) is 0 Å². The standard InChI is InChI=1S/C18H23N3O3/c1-11(2)17(22)19-7-8-20-18(23)15-10-13-9-14(24-4)5-6-16(13)21-12(15)3/h5-6,9-11H,7-8H2,1-4H3,(H,19,22)(H,20,23). The van der Waals surface area contributed by atoms with Gasteiger partial charge in [0.2, 0.25) is 5.91 Å². The van der Waals surface area contributed by atoms with Gasteiger partial charge in [-0.3, -0.25) is 14.6 Å². The summed E-state index contributed by atoms with van der Waals surface area (Å²) in [5.74, 6) is 0.418. The van der Waals surface area contributed by atoms with E-state index < -0.39 is 0 Å². The summed E-state index contributed by atoms with van der Waals surface area (Å²) in [6.07, 6.45) is 0. The molecule has 0 bridgehead atoms. The number of hydrogen-bond donors (Lipinski definition) is 2. The number of aryl methyl sites for hydroxylation is 1. The van der Waals surface area contributed by atoms with Crippen LogP contribution in [-0.2, 0) is 4.79 Å². The molecule has 2 N–H and O–H groups in total. The summed E-state index contributed by atoms with van der Waals surface area (Å²) in [6.45, 7) is 6.22. The molecule has 1 heterocycles. The van der Waals surface area contributed by atoms with Crippen molar-refractivity contribution in [3.05, 3.63) is 35.5 Å². The lowest BCUT2D eigenvalue weighted by atomic mass is 10.1. The molecule has 2 amide bonds. The van der Waals surface area contributed by atoms with Gasteiger partial charge in [0, 0.05) is 24.4 Å². The van der Waals surface area contributed by atoms with Gasteiger partial charge in [-0.25, -0.2) is 0 Å². The Morgan fingerprint density at radius 2 is 1.88 bits per heavy atom. The lowest BCUT2D eigenvalue weighted by Crippen LogP contribution is -2.36. The Hall–Kier alpha value is -2.63. The zero-order chi connectivity index (χ0) is 17.7. The molecule has 1 aromatic heterocycles. The molecule has 0 spiro atoms. The van der Waals surface area contributed by atoms with E-state index in [1.54, 1.807) is 14.0 Å². The number of methoxy groups -OCH3 is 1. The van der Waals surface area contributed by atoms with Crippen LogP contribution in [0.2, 0.25) is 0 Å². The van der Waals surface area contributed by atoms with Crippen LogP contribution in [0.5, 0.6) is 5.75 Å². The van der Waals surface area contributed by atoms with E-state index in [2.05, 4.69) is 15.6 Å². The SMILES string of the molecule is COc1ccc2nc(C)c(C(=O)NCCNC(=O)C(C)C)cc2c1. The molecule has 2 rings (SSSR count). The second-order valence-corrected chi connectivity index (χ2v) is 5.88. The average molecular weight is 329 g/mol. The molecule has 0 saturated heterocycles. The molecule has 6 heteroatoms. The summed E-state index contributed by atoms with van der Waals surface area (Å²) in [4.78, 5) is 28.3. The highest BCUT2D eigenvalue weighted by Crippen LogP contribution is 2.21. The Morgan fingerprint density at radius 1 is 1.17 bits per heavy atom. The normalized spacial score (nSPS) is 10.7. The second kappa shape index (κ2) is 7.77. The van der Waals surface area contributed by atoms with Gasteiger partial charge in [-0.05, 0) is 31.2 Å². The van der Waals surface area contributed by atoms with Crippen LogP contribution in [0.3, 0.4) is 0 Å². The van der Waals surface area contributed by atoms with E-state index in [0.717, 1.165) is 16.7 Å². The minimum absolute atomic E-state index is 0.0279. The summed E-state index contributed by atoms with van der Waals surface area (Å²) in [5, 5.41) is 6.41. The number of fused-ring (bicyclic) bond motifs is 1. The van der Waals surface area contributed by atoms with E-state index in [9.17, 15) is 9.59 Å². The van der Waals surface area contributed by atoms with E-state index in [1.165, 1.54) is 0 Å². The third kappa shape index (κ3) is 4.22. The summed E-state index contributed by atoms with van der Waals surface area (Å²) in [5.41, 5.74) is 2.00. The first-order chi connectivity index (χ1) is 11.4. The van der Waals surface area contributed by atoms with Crippen molar-refractivity contribution in [2.24, 2.45) is 5.92 Å². The minimum atomic E-state index is -0.205. The van der Waals surface area contributed by atoms with Crippen molar-refractivity contribution in [2.75, 3.05) is 20.2 Å². The molecule has 2 aromatic rings. The number of benzene rings is 1. The fraction of sp³-hybridized carbons (Fsp3) is 0.389. The van der Waals surface area contributed by atoms with E-state index in [0.29, 0.717) is 24.3 Å². The smallest absolute Gasteiger partial charge is 0.253 e. The van der Waals surface area contributed by atoms with Crippen molar-refractivity contribution in [3.63, 3.8) is 0 Å². The van der Waals surface area contributed by atoms with Gasteiger partial charge < -0.3 is 15.4 Å². The number of nitrogens with zero attached hydrogens (tertiary/aromatic N) is 1. The van der Waals surface area contributed by atoms with E-state index in [4.69, 9.17) is 4.74 Å². The quantitative estimate of drug-likeness (QED) is 0.795. The zero-order valence-electron chi connectivity index (χ0n) is 14.5. The molecule has 128 valence electrons. The molecular weight excluding hydrogens is 306 g/mol. The van der Waals surface area contributed by atoms with Crippen LogP contribution in [0.1, 0.15) is 29.9 Å². The monoisotopic (exact) mass is 329 g/mol. The van der Waals surface area contributed by atoms with Crippen LogP contribution in [0.15, 0.2) is 24.3 Å². The molecule has 0 fully saturated rings. The summed E-state index contributed by atoms with van der Waals surface area (Å²) in [6, 6.07) is 7.36. The summed E-state index contributed by atoms with van der Waals surface area (Å²) < 4.78 is 5.21. The van der Waals surface area contributed by atoms with E-state index >= 15 is 0 Å². The molecule has 1 aromatic carbocycles. The van der Waals surface area contributed by atoms with E-state index in [1.807, 2.05) is 38.1 Å². The lowest BCUT2D eigenvalue weighted by molar-refractivity contribution is -0.123. The van der Waals surface area contributed by atoms with Gasteiger partial charge in [-0.1, -0.05) is 13.8 Å². The van der Waals surface area contributed by atoms with Gasteiger partial charge in [0.05, 0.1) is 23.9 Å². The number of hydrogen-bond acceptors (Lipinski definition) is 4. The number of ether oxygens (including phenoxy) is 1. The Kier molecular flexibility index (Phi) is 5.73. The van der Waals surface area contributed by atoms with E-state index in [-0.39, 0.29) is 17.7 Å². The maximum atomic E-state index is 12.3. The van der Waals surface area contributed by atoms with Gasteiger partial charge in [0.25, 0.3) is 5.91 Å². The first-order valence-electron chi connectivity index (χ1n) is 7.93.